The molecule has 164 valence electrons. The fourth-order valence-corrected chi connectivity index (χ4v) is 3.78. The maximum Gasteiger partial charge on any atom is 0.335 e. The van der Waals surface area contributed by atoms with Crippen molar-refractivity contribution in [2.75, 3.05) is 7.11 Å². The summed E-state index contributed by atoms with van der Waals surface area (Å²) >= 11 is 0. The average molecular weight is 436 g/mol. The Balaban J connectivity index is 1.87. The highest BCUT2D eigenvalue weighted by Crippen LogP contribution is 2.49. The second-order valence-corrected chi connectivity index (χ2v) is 7.37. The molecule has 1 aliphatic rings. The van der Waals surface area contributed by atoms with Gasteiger partial charge in [0, 0.05) is 11.6 Å². The number of carbonyl (C=O) groups excluding carboxylic acids is 1. The molecule has 3 aromatic rings. The molecule has 0 radical (unpaired) electrons. The Bertz CT molecular complexity index is 1210. The molecule has 3 aromatic carbocycles. The van der Waals surface area contributed by atoms with Crippen molar-refractivity contribution in [1.82, 2.24) is 0 Å². The van der Waals surface area contributed by atoms with Gasteiger partial charge in [0.2, 0.25) is 0 Å². The molecule has 1 fully saturated rings. The van der Waals surface area contributed by atoms with E-state index in [1.54, 1.807) is 18.2 Å². The largest absolute Gasteiger partial charge is 0.508 e. The first-order valence-corrected chi connectivity index (χ1v) is 9.61. The van der Waals surface area contributed by atoms with Crippen LogP contribution in [0.5, 0.6) is 34.5 Å². The van der Waals surface area contributed by atoms with Crippen molar-refractivity contribution in [2.24, 2.45) is 0 Å². The fraction of sp³-hybridized carbons (Fsp3) is 0.125. The van der Waals surface area contributed by atoms with Gasteiger partial charge in [0.05, 0.1) is 13.0 Å². The summed E-state index contributed by atoms with van der Waals surface area (Å²) in [6.07, 6.45) is 0.663. The second-order valence-electron chi connectivity index (χ2n) is 7.37. The maximum absolute atomic E-state index is 12.9. The Morgan fingerprint density at radius 1 is 0.812 bits per heavy atom. The standard InChI is InChI=1S/C24H20O8/c1-31-21-7-12(2-4-19(21)28)6-17-22(14-8-15(25)11-16(26)9-14)23(32-24(17)30)13-3-5-18(27)20(29)10-13/h2-11,22-23,25-29H,1H3/b17-6+/t22-,23+/m1/s1. The zero-order chi connectivity index (χ0) is 23.0. The number of phenols is 5. The van der Waals surface area contributed by atoms with E-state index in [1.807, 2.05) is 0 Å². The highest BCUT2D eigenvalue weighted by atomic mass is 16.6. The van der Waals surface area contributed by atoms with Crippen LogP contribution in [-0.2, 0) is 9.53 Å². The van der Waals surface area contributed by atoms with Gasteiger partial charge in [-0.3, -0.25) is 0 Å². The van der Waals surface area contributed by atoms with E-state index >= 15 is 0 Å². The average Bonchev–Trinajstić information content (AvgIpc) is 3.06. The molecule has 0 unspecified atom stereocenters. The van der Waals surface area contributed by atoms with Crippen LogP contribution in [0.2, 0.25) is 0 Å². The minimum Gasteiger partial charge on any atom is -0.508 e. The van der Waals surface area contributed by atoms with Crippen molar-refractivity contribution in [3.63, 3.8) is 0 Å². The van der Waals surface area contributed by atoms with E-state index < -0.39 is 18.0 Å². The lowest BCUT2D eigenvalue weighted by Gasteiger charge is -2.20. The Labute approximate surface area is 182 Å². The fourth-order valence-electron chi connectivity index (χ4n) is 3.78. The number of phenolic OH excluding ortho intramolecular Hbond substituents is 5. The topological polar surface area (TPSA) is 137 Å². The predicted molar refractivity (Wildman–Crippen MR) is 114 cm³/mol. The van der Waals surface area contributed by atoms with Gasteiger partial charge < -0.3 is 35.0 Å². The number of hydrogen-bond donors (Lipinski definition) is 5. The van der Waals surface area contributed by atoms with Crippen molar-refractivity contribution in [3.8, 4) is 34.5 Å². The number of esters is 1. The van der Waals surface area contributed by atoms with Crippen LogP contribution in [0.15, 0.2) is 60.2 Å². The first-order valence-electron chi connectivity index (χ1n) is 9.61. The molecular formula is C24H20O8. The highest BCUT2D eigenvalue weighted by Gasteiger charge is 2.42. The Hall–Kier alpha value is -4.33. The third kappa shape index (κ3) is 3.85. The molecule has 0 amide bonds. The van der Waals surface area contributed by atoms with Gasteiger partial charge in [0.15, 0.2) is 23.0 Å². The van der Waals surface area contributed by atoms with Gasteiger partial charge in [0.25, 0.3) is 0 Å². The third-order valence-corrected chi connectivity index (χ3v) is 5.25. The summed E-state index contributed by atoms with van der Waals surface area (Å²) in [6.45, 7) is 0. The zero-order valence-electron chi connectivity index (χ0n) is 16.9. The molecule has 4 rings (SSSR count). The molecule has 0 aliphatic carbocycles. The van der Waals surface area contributed by atoms with Gasteiger partial charge in [-0.05, 0) is 59.2 Å². The van der Waals surface area contributed by atoms with Gasteiger partial charge in [-0.2, -0.15) is 0 Å². The second kappa shape index (κ2) is 8.07. The summed E-state index contributed by atoms with van der Waals surface area (Å²) in [4.78, 5) is 12.9. The van der Waals surface area contributed by atoms with Crippen LogP contribution in [0.3, 0.4) is 0 Å². The number of aromatic hydroxyl groups is 5. The minimum absolute atomic E-state index is 0.0597. The van der Waals surface area contributed by atoms with Gasteiger partial charge in [-0.25, -0.2) is 4.79 Å². The highest BCUT2D eigenvalue weighted by molar-refractivity contribution is 5.98. The molecule has 5 N–H and O–H groups in total. The van der Waals surface area contributed by atoms with Gasteiger partial charge in [0.1, 0.15) is 17.6 Å². The molecule has 32 heavy (non-hydrogen) atoms. The van der Waals surface area contributed by atoms with E-state index in [9.17, 15) is 30.3 Å². The molecule has 0 spiro atoms. The van der Waals surface area contributed by atoms with Gasteiger partial charge in [-0.1, -0.05) is 12.1 Å². The maximum atomic E-state index is 12.9. The molecule has 1 heterocycles. The summed E-state index contributed by atoms with van der Waals surface area (Å²) in [7, 11) is 1.40. The van der Waals surface area contributed by atoms with E-state index in [-0.39, 0.29) is 40.1 Å². The number of hydrogen-bond acceptors (Lipinski definition) is 8. The number of carbonyl (C=O) groups is 1. The predicted octanol–water partition coefficient (Wildman–Crippen LogP) is 3.69. The number of rotatable bonds is 4. The van der Waals surface area contributed by atoms with Crippen molar-refractivity contribution in [3.05, 3.63) is 76.9 Å². The minimum atomic E-state index is -0.902. The van der Waals surface area contributed by atoms with Crippen LogP contribution >= 0.6 is 0 Å². The van der Waals surface area contributed by atoms with Crippen LogP contribution in [0.1, 0.15) is 28.7 Å². The number of cyclic esters (lactones) is 1. The van der Waals surface area contributed by atoms with Crippen molar-refractivity contribution < 1.29 is 39.8 Å². The number of methoxy groups -OCH3 is 1. The van der Waals surface area contributed by atoms with Crippen LogP contribution in [0.4, 0.5) is 0 Å². The molecule has 0 aromatic heterocycles. The summed E-state index contributed by atoms with van der Waals surface area (Å²) < 4.78 is 10.7. The van der Waals surface area contributed by atoms with E-state index in [0.717, 1.165) is 6.07 Å². The number of benzene rings is 3. The molecule has 1 aliphatic heterocycles. The van der Waals surface area contributed by atoms with Gasteiger partial charge >= 0.3 is 5.97 Å². The van der Waals surface area contributed by atoms with E-state index in [2.05, 4.69) is 0 Å². The first-order chi connectivity index (χ1) is 15.3. The first kappa shape index (κ1) is 20.9. The molecule has 0 bridgehead atoms. The lowest BCUT2D eigenvalue weighted by Crippen LogP contribution is -2.07. The van der Waals surface area contributed by atoms with E-state index in [0.29, 0.717) is 16.7 Å². The van der Waals surface area contributed by atoms with Crippen LogP contribution in [0, 0.1) is 0 Å². The Morgan fingerprint density at radius 2 is 1.50 bits per heavy atom. The van der Waals surface area contributed by atoms with Crippen molar-refractivity contribution in [1.29, 1.82) is 0 Å². The van der Waals surface area contributed by atoms with Crippen LogP contribution < -0.4 is 4.74 Å². The molecule has 1 saturated heterocycles. The van der Waals surface area contributed by atoms with Crippen molar-refractivity contribution in [2.45, 2.75) is 12.0 Å². The SMILES string of the molecule is COc1cc(/C=C2/C(=O)O[C@@H](c3ccc(O)c(O)c3)[C@@H]2c2cc(O)cc(O)c2)ccc1O. The monoisotopic (exact) mass is 436 g/mol. The van der Waals surface area contributed by atoms with E-state index in [4.69, 9.17) is 9.47 Å². The lowest BCUT2D eigenvalue weighted by molar-refractivity contribution is -0.139. The summed E-state index contributed by atoms with van der Waals surface area (Å²) in [5, 5.41) is 49.4. The molecule has 2 atom stereocenters. The Kier molecular flexibility index (Phi) is 5.28. The normalized spacial score (nSPS) is 19.2. The smallest absolute Gasteiger partial charge is 0.335 e. The summed E-state index contributed by atoms with van der Waals surface area (Å²) in [6, 6.07) is 12.6. The molecule has 0 saturated carbocycles. The van der Waals surface area contributed by atoms with Crippen LogP contribution in [0.25, 0.3) is 6.08 Å². The lowest BCUT2D eigenvalue weighted by atomic mass is 9.84. The Morgan fingerprint density at radius 3 is 2.16 bits per heavy atom. The summed E-state index contributed by atoms with van der Waals surface area (Å²) in [5.41, 5.74) is 1.59. The quantitative estimate of drug-likeness (QED) is 0.237. The summed E-state index contributed by atoms with van der Waals surface area (Å²) in [5.74, 6) is -2.33. The third-order valence-electron chi connectivity index (χ3n) is 5.25. The zero-order valence-corrected chi connectivity index (χ0v) is 16.9. The van der Waals surface area contributed by atoms with E-state index in [1.165, 1.54) is 43.5 Å². The van der Waals surface area contributed by atoms with Gasteiger partial charge in [-0.15, -0.1) is 0 Å². The molecular weight excluding hydrogens is 416 g/mol. The van der Waals surface area contributed by atoms with Crippen molar-refractivity contribution >= 4 is 12.0 Å². The number of ether oxygens (including phenoxy) is 2. The molecule has 8 heteroatoms. The molecule has 8 nitrogen and oxygen atoms in total. The van der Waals surface area contributed by atoms with Crippen LogP contribution in [-0.4, -0.2) is 38.6 Å².